The van der Waals surface area contributed by atoms with Crippen LogP contribution in [0.4, 0.5) is 0 Å². The maximum Gasteiger partial charge on any atom is 0.269 e. The second-order valence-corrected chi connectivity index (χ2v) is 5.23. The molecule has 0 bridgehead atoms. The van der Waals surface area contributed by atoms with Crippen molar-refractivity contribution in [2.45, 2.75) is 19.9 Å². The fourth-order valence-corrected chi connectivity index (χ4v) is 2.63. The summed E-state index contributed by atoms with van der Waals surface area (Å²) in [5, 5.41) is 7.09. The van der Waals surface area contributed by atoms with Gasteiger partial charge in [-0.2, -0.15) is 5.10 Å². The van der Waals surface area contributed by atoms with E-state index in [0.29, 0.717) is 31.3 Å². The molecule has 1 N–H and O–H groups in total. The fraction of sp³-hybridized carbons (Fsp3) is 0.375. The van der Waals surface area contributed by atoms with E-state index >= 15 is 0 Å². The summed E-state index contributed by atoms with van der Waals surface area (Å²) in [7, 11) is 0. The third-order valence-electron chi connectivity index (χ3n) is 3.76. The van der Waals surface area contributed by atoms with E-state index in [-0.39, 0.29) is 5.91 Å². The summed E-state index contributed by atoms with van der Waals surface area (Å²) >= 11 is 0. The number of para-hydroxylation sites is 1. The lowest BCUT2D eigenvalue weighted by Crippen LogP contribution is -2.35. The maximum absolute atomic E-state index is 12.2. The molecule has 1 amide bonds. The molecule has 0 spiro atoms. The molecule has 0 unspecified atom stereocenters. The summed E-state index contributed by atoms with van der Waals surface area (Å²) in [5.41, 5.74) is 1.82. The number of nitrogens with one attached hydrogen (secondary N) is 1. The standard InChI is InChI=1S/C16H19N3O2/c1-2-19-14(7-8-18-19)16(20)17-10-12-9-13-5-3-4-6-15(13)21-11-12/h3-8,12H,2,9-11H2,1H3,(H,17,20)/t12-/m1/s1. The lowest BCUT2D eigenvalue weighted by atomic mass is 9.97. The molecule has 0 saturated carbocycles. The van der Waals surface area contributed by atoms with E-state index in [1.807, 2.05) is 25.1 Å². The number of rotatable bonds is 4. The Labute approximate surface area is 123 Å². The van der Waals surface area contributed by atoms with Crippen molar-refractivity contribution in [3.63, 3.8) is 0 Å². The van der Waals surface area contributed by atoms with Crippen LogP contribution in [-0.4, -0.2) is 28.8 Å². The highest BCUT2D eigenvalue weighted by molar-refractivity contribution is 5.92. The first-order chi connectivity index (χ1) is 10.3. The van der Waals surface area contributed by atoms with Gasteiger partial charge in [0.2, 0.25) is 0 Å². The average molecular weight is 285 g/mol. The molecule has 1 aliphatic rings. The molecule has 5 heteroatoms. The zero-order valence-corrected chi connectivity index (χ0v) is 12.1. The maximum atomic E-state index is 12.2. The van der Waals surface area contributed by atoms with Crippen molar-refractivity contribution in [2.75, 3.05) is 13.2 Å². The molecule has 0 radical (unpaired) electrons. The largest absolute Gasteiger partial charge is 0.493 e. The number of aromatic nitrogens is 2. The highest BCUT2D eigenvalue weighted by Crippen LogP contribution is 2.26. The van der Waals surface area contributed by atoms with Crippen molar-refractivity contribution in [3.05, 3.63) is 47.8 Å². The van der Waals surface area contributed by atoms with Gasteiger partial charge in [0.1, 0.15) is 11.4 Å². The van der Waals surface area contributed by atoms with Gasteiger partial charge < -0.3 is 10.1 Å². The predicted molar refractivity (Wildman–Crippen MR) is 79.4 cm³/mol. The summed E-state index contributed by atoms with van der Waals surface area (Å²) in [6, 6.07) is 9.81. The van der Waals surface area contributed by atoms with Crippen molar-refractivity contribution >= 4 is 5.91 Å². The Morgan fingerprint density at radius 1 is 1.43 bits per heavy atom. The molecule has 0 aliphatic carbocycles. The molecule has 1 aromatic carbocycles. The van der Waals surface area contributed by atoms with Crippen molar-refractivity contribution in [2.24, 2.45) is 5.92 Å². The summed E-state index contributed by atoms with van der Waals surface area (Å²) < 4.78 is 7.43. The quantitative estimate of drug-likeness (QED) is 0.933. The van der Waals surface area contributed by atoms with E-state index in [0.717, 1.165) is 12.2 Å². The van der Waals surface area contributed by atoms with Crippen molar-refractivity contribution in [3.8, 4) is 5.75 Å². The number of amides is 1. The van der Waals surface area contributed by atoms with Gasteiger partial charge in [0.15, 0.2) is 0 Å². The van der Waals surface area contributed by atoms with E-state index in [1.54, 1.807) is 16.9 Å². The molecule has 1 aromatic heterocycles. The first-order valence-corrected chi connectivity index (χ1v) is 7.28. The Bertz CT molecular complexity index is 636. The minimum Gasteiger partial charge on any atom is -0.493 e. The zero-order chi connectivity index (χ0) is 14.7. The van der Waals surface area contributed by atoms with E-state index < -0.39 is 0 Å². The number of ether oxygens (including phenoxy) is 1. The van der Waals surface area contributed by atoms with Gasteiger partial charge in [-0.25, -0.2) is 0 Å². The van der Waals surface area contributed by atoms with Crippen molar-refractivity contribution in [1.82, 2.24) is 15.1 Å². The van der Waals surface area contributed by atoms with Crippen LogP contribution in [0.1, 0.15) is 23.0 Å². The van der Waals surface area contributed by atoms with E-state index in [2.05, 4.69) is 16.5 Å². The molecular formula is C16H19N3O2. The highest BCUT2D eigenvalue weighted by atomic mass is 16.5. The smallest absolute Gasteiger partial charge is 0.269 e. The Morgan fingerprint density at radius 3 is 3.14 bits per heavy atom. The Balaban J connectivity index is 1.58. The van der Waals surface area contributed by atoms with Crippen LogP contribution in [0.2, 0.25) is 0 Å². The van der Waals surface area contributed by atoms with Gasteiger partial charge in [0.05, 0.1) is 6.61 Å². The van der Waals surface area contributed by atoms with Gasteiger partial charge in [-0.3, -0.25) is 9.48 Å². The second kappa shape index (κ2) is 5.99. The van der Waals surface area contributed by atoms with E-state index in [9.17, 15) is 4.79 Å². The number of aryl methyl sites for hydroxylation is 1. The lowest BCUT2D eigenvalue weighted by molar-refractivity contribution is 0.0928. The summed E-state index contributed by atoms with van der Waals surface area (Å²) in [5.74, 6) is 1.19. The van der Waals surface area contributed by atoms with Crippen LogP contribution in [-0.2, 0) is 13.0 Å². The molecular weight excluding hydrogens is 266 g/mol. The number of carbonyl (C=O) groups excluding carboxylic acids is 1. The second-order valence-electron chi connectivity index (χ2n) is 5.23. The fourth-order valence-electron chi connectivity index (χ4n) is 2.63. The Hall–Kier alpha value is -2.30. The van der Waals surface area contributed by atoms with Crippen LogP contribution in [0.3, 0.4) is 0 Å². The summed E-state index contributed by atoms with van der Waals surface area (Å²) in [6.45, 7) is 3.91. The first kappa shape index (κ1) is 13.7. The van der Waals surface area contributed by atoms with Crippen molar-refractivity contribution in [1.29, 1.82) is 0 Å². The third kappa shape index (κ3) is 2.91. The van der Waals surface area contributed by atoms with Gasteiger partial charge in [-0.05, 0) is 31.0 Å². The SMILES string of the molecule is CCn1nccc1C(=O)NC[C@@H]1COc2ccccc2C1. The number of fused-ring (bicyclic) bond motifs is 1. The molecule has 2 heterocycles. The molecule has 1 aliphatic heterocycles. The minimum atomic E-state index is -0.0757. The molecule has 21 heavy (non-hydrogen) atoms. The summed E-state index contributed by atoms with van der Waals surface area (Å²) in [6.07, 6.45) is 2.59. The highest BCUT2D eigenvalue weighted by Gasteiger charge is 2.20. The van der Waals surface area contributed by atoms with Gasteiger partial charge in [0.25, 0.3) is 5.91 Å². The Kier molecular flexibility index (Phi) is 3.90. The van der Waals surface area contributed by atoms with Crippen LogP contribution in [0.5, 0.6) is 5.75 Å². The number of nitrogens with zero attached hydrogens (tertiary/aromatic N) is 2. The molecule has 0 saturated heterocycles. The predicted octanol–water partition coefficient (Wildman–Crippen LogP) is 1.88. The average Bonchev–Trinajstić information content (AvgIpc) is 3.01. The normalized spacial score (nSPS) is 16.9. The van der Waals surface area contributed by atoms with E-state index in [1.165, 1.54) is 5.56 Å². The van der Waals surface area contributed by atoms with Crippen molar-refractivity contribution < 1.29 is 9.53 Å². The number of hydrogen-bond donors (Lipinski definition) is 1. The van der Waals surface area contributed by atoms with Crippen LogP contribution in [0, 0.1) is 5.92 Å². The zero-order valence-electron chi connectivity index (χ0n) is 12.1. The van der Waals surface area contributed by atoms with Gasteiger partial charge in [0, 0.05) is 25.2 Å². The monoisotopic (exact) mass is 285 g/mol. The number of benzene rings is 1. The van der Waals surface area contributed by atoms with Crippen LogP contribution >= 0.6 is 0 Å². The van der Waals surface area contributed by atoms with Gasteiger partial charge in [-0.15, -0.1) is 0 Å². The van der Waals surface area contributed by atoms with Crippen LogP contribution < -0.4 is 10.1 Å². The molecule has 2 aromatic rings. The molecule has 110 valence electrons. The number of hydrogen-bond acceptors (Lipinski definition) is 3. The molecule has 5 nitrogen and oxygen atoms in total. The first-order valence-electron chi connectivity index (χ1n) is 7.28. The topological polar surface area (TPSA) is 56.2 Å². The van der Waals surface area contributed by atoms with Crippen LogP contribution in [0.15, 0.2) is 36.5 Å². The lowest BCUT2D eigenvalue weighted by Gasteiger charge is -2.25. The van der Waals surface area contributed by atoms with Gasteiger partial charge >= 0.3 is 0 Å². The molecule has 0 fully saturated rings. The van der Waals surface area contributed by atoms with Gasteiger partial charge in [-0.1, -0.05) is 18.2 Å². The number of carbonyl (C=O) groups is 1. The minimum absolute atomic E-state index is 0.0757. The molecule has 3 rings (SSSR count). The summed E-state index contributed by atoms with van der Waals surface area (Å²) in [4.78, 5) is 12.2. The Morgan fingerprint density at radius 2 is 2.29 bits per heavy atom. The van der Waals surface area contributed by atoms with Crippen LogP contribution in [0.25, 0.3) is 0 Å². The van der Waals surface area contributed by atoms with E-state index in [4.69, 9.17) is 4.74 Å². The third-order valence-corrected chi connectivity index (χ3v) is 3.76. The molecule has 1 atom stereocenters.